The van der Waals surface area contributed by atoms with Crippen LogP contribution < -0.4 is 14.2 Å². The fraction of sp³-hybridized carbons (Fsp3) is 0.391. The van der Waals surface area contributed by atoms with Gasteiger partial charge in [-0.25, -0.2) is 13.2 Å². The van der Waals surface area contributed by atoms with Gasteiger partial charge in [0.2, 0.25) is 16.8 Å². The van der Waals surface area contributed by atoms with E-state index in [-0.39, 0.29) is 23.0 Å². The highest BCUT2D eigenvalue weighted by Crippen LogP contribution is 2.33. The molecule has 33 heavy (non-hydrogen) atoms. The molecule has 0 saturated carbocycles. The molecular formula is C23H25NO8S. The van der Waals surface area contributed by atoms with Gasteiger partial charge in [-0.1, -0.05) is 12.8 Å². The molecule has 2 heterocycles. The van der Waals surface area contributed by atoms with Crippen LogP contribution in [0.5, 0.6) is 17.2 Å². The molecule has 0 atom stereocenters. The van der Waals surface area contributed by atoms with Crippen molar-refractivity contribution in [2.75, 3.05) is 33.6 Å². The number of rotatable bonds is 7. The fourth-order valence-corrected chi connectivity index (χ4v) is 5.49. The number of carbonyl (C=O) groups is 2. The minimum absolute atomic E-state index is 0.0164. The Labute approximate surface area is 192 Å². The molecule has 1 saturated heterocycles. The number of benzene rings is 2. The van der Waals surface area contributed by atoms with Crippen molar-refractivity contribution in [3.05, 3.63) is 47.5 Å². The molecule has 0 spiro atoms. The number of nitrogens with zero attached hydrogens (tertiary/aromatic N) is 1. The van der Waals surface area contributed by atoms with Gasteiger partial charge in [-0.15, -0.1) is 0 Å². The van der Waals surface area contributed by atoms with Gasteiger partial charge in [0.15, 0.2) is 23.9 Å². The van der Waals surface area contributed by atoms with Crippen molar-refractivity contribution in [1.82, 2.24) is 4.31 Å². The molecular weight excluding hydrogens is 450 g/mol. The van der Waals surface area contributed by atoms with Crippen molar-refractivity contribution in [2.24, 2.45) is 0 Å². The minimum Gasteiger partial charge on any atom is -0.495 e. The molecule has 4 rings (SSSR count). The predicted molar refractivity (Wildman–Crippen MR) is 117 cm³/mol. The number of fused-ring (bicyclic) bond motifs is 1. The summed E-state index contributed by atoms with van der Waals surface area (Å²) in [5.74, 6) is -0.0931. The second kappa shape index (κ2) is 9.80. The summed E-state index contributed by atoms with van der Waals surface area (Å²) < 4.78 is 48.8. The summed E-state index contributed by atoms with van der Waals surface area (Å²) >= 11 is 0. The Morgan fingerprint density at radius 1 is 0.939 bits per heavy atom. The predicted octanol–water partition coefficient (Wildman–Crippen LogP) is 3.03. The van der Waals surface area contributed by atoms with Gasteiger partial charge in [-0.2, -0.15) is 4.31 Å². The van der Waals surface area contributed by atoms with Crippen LogP contribution in [0.2, 0.25) is 0 Å². The lowest BCUT2D eigenvalue weighted by molar-refractivity contribution is 0.0474. The maximum atomic E-state index is 13.3. The molecule has 2 aromatic rings. The Kier molecular flexibility index (Phi) is 6.85. The Bertz CT molecular complexity index is 1150. The first kappa shape index (κ1) is 23.1. The van der Waals surface area contributed by atoms with Crippen LogP contribution >= 0.6 is 0 Å². The Morgan fingerprint density at radius 3 is 2.36 bits per heavy atom. The molecule has 0 unspecified atom stereocenters. The number of hydrogen-bond acceptors (Lipinski definition) is 8. The lowest BCUT2D eigenvalue weighted by Crippen LogP contribution is -2.32. The molecule has 0 aromatic heterocycles. The van der Waals surface area contributed by atoms with Crippen LogP contribution in [0.3, 0.4) is 0 Å². The largest absolute Gasteiger partial charge is 0.495 e. The molecule has 9 nitrogen and oxygen atoms in total. The van der Waals surface area contributed by atoms with Gasteiger partial charge < -0.3 is 18.9 Å². The summed E-state index contributed by atoms with van der Waals surface area (Å²) in [4.78, 5) is 25.0. The molecule has 2 aliphatic heterocycles. The molecule has 2 aromatic carbocycles. The van der Waals surface area contributed by atoms with Crippen LogP contribution in [0.4, 0.5) is 0 Å². The van der Waals surface area contributed by atoms with Crippen LogP contribution in [0.15, 0.2) is 41.3 Å². The fourth-order valence-electron chi connectivity index (χ4n) is 3.79. The number of sulfonamides is 1. The zero-order chi connectivity index (χ0) is 23.4. The molecule has 10 heteroatoms. The average molecular weight is 476 g/mol. The molecule has 0 aliphatic carbocycles. The van der Waals surface area contributed by atoms with Crippen molar-refractivity contribution >= 4 is 21.8 Å². The van der Waals surface area contributed by atoms with E-state index in [2.05, 4.69) is 0 Å². The highest BCUT2D eigenvalue weighted by Gasteiger charge is 2.29. The van der Waals surface area contributed by atoms with Crippen LogP contribution in [-0.2, 0) is 14.8 Å². The van der Waals surface area contributed by atoms with Gasteiger partial charge in [0.25, 0.3) is 0 Å². The van der Waals surface area contributed by atoms with Crippen LogP contribution in [-0.4, -0.2) is 58.1 Å². The first-order valence-electron chi connectivity index (χ1n) is 10.7. The van der Waals surface area contributed by atoms with Gasteiger partial charge in [0.1, 0.15) is 10.6 Å². The number of ketones is 1. The molecule has 176 valence electrons. The summed E-state index contributed by atoms with van der Waals surface area (Å²) in [6, 6.07) is 8.77. The second-order valence-electron chi connectivity index (χ2n) is 7.75. The number of carbonyl (C=O) groups excluding carboxylic acids is 2. The average Bonchev–Trinajstić information content (AvgIpc) is 3.12. The molecule has 0 N–H and O–H groups in total. The minimum atomic E-state index is -3.86. The Morgan fingerprint density at radius 2 is 1.64 bits per heavy atom. The highest BCUT2D eigenvalue weighted by atomic mass is 32.2. The lowest BCUT2D eigenvalue weighted by atomic mass is 10.1. The maximum Gasteiger partial charge on any atom is 0.338 e. The van der Waals surface area contributed by atoms with Gasteiger partial charge in [-0.3, -0.25) is 4.79 Å². The van der Waals surface area contributed by atoms with E-state index < -0.39 is 28.4 Å². The normalized spacial score (nSPS) is 16.2. The Balaban J connectivity index is 1.49. The topological polar surface area (TPSA) is 108 Å². The molecule has 0 bridgehead atoms. The third kappa shape index (κ3) is 4.96. The zero-order valence-electron chi connectivity index (χ0n) is 18.2. The number of ether oxygens (including phenoxy) is 4. The van der Waals surface area contributed by atoms with E-state index in [9.17, 15) is 18.0 Å². The standard InChI is InChI=1S/C23H25NO8S/c1-29-20-9-7-17(13-22(20)33(27,28)24-10-4-2-3-5-11-24)23(26)30-14-18(25)16-6-8-19-21(12-16)32-15-31-19/h6-9,12-13H,2-5,10-11,14-15H2,1H3. The molecule has 1 fully saturated rings. The summed E-state index contributed by atoms with van der Waals surface area (Å²) in [7, 11) is -2.48. The second-order valence-corrected chi connectivity index (χ2v) is 9.66. The van der Waals surface area contributed by atoms with Crippen molar-refractivity contribution < 1.29 is 37.0 Å². The van der Waals surface area contributed by atoms with E-state index in [0.717, 1.165) is 25.7 Å². The van der Waals surface area contributed by atoms with Crippen LogP contribution in [0, 0.1) is 0 Å². The van der Waals surface area contributed by atoms with Gasteiger partial charge in [0, 0.05) is 18.7 Å². The van der Waals surface area contributed by atoms with Crippen molar-refractivity contribution in [3.63, 3.8) is 0 Å². The molecule has 2 aliphatic rings. The maximum absolute atomic E-state index is 13.3. The lowest BCUT2D eigenvalue weighted by Gasteiger charge is -2.21. The van der Waals surface area contributed by atoms with Gasteiger partial charge in [-0.05, 0) is 49.2 Å². The third-order valence-corrected chi connectivity index (χ3v) is 7.53. The number of methoxy groups -OCH3 is 1. The van der Waals surface area contributed by atoms with E-state index in [1.807, 2.05) is 0 Å². The zero-order valence-corrected chi connectivity index (χ0v) is 19.1. The molecule has 0 amide bonds. The van der Waals surface area contributed by atoms with Gasteiger partial charge >= 0.3 is 5.97 Å². The van der Waals surface area contributed by atoms with E-state index >= 15 is 0 Å². The summed E-state index contributed by atoms with van der Waals surface area (Å²) in [5, 5.41) is 0. The third-order valence-electron chi connectivity index (χ3n) is 5.61. The Hall–Kier alpha value is -3.11. The summed E-state index contributed by atoms with van der Waals surface area (Å²) in [5.41, 5.74) is 0.328. The van der Waals surface area contributed by atoms with Crippen molar-refractivity contribution in [2.45, 2.75) is 30.6 Å². The summed E-state index contributed by atoms with van der Waals surface area (Å²) in [6.45, 7) is 0.426. The number of Topliss-reactive ketones (excluding diaryl/α,β-unsaturated/α-hetero) is 1. The highest BCUT2D eigenvalue weighted by molar-refractivity contribution is 7.89. The van der Waals surface area contributed by atoms with Crippen LogP contribution in [0.1, 0.15) is 46.4 Å². The van der Waals surface area contributed by atoms with Crippen LogP contribution in [0.25, 0.3) is 0 Å². The molecule has 0 radical (unpaired) electrons. The van der Waals surface area contributed by atoms with E-state index in [1.165, 1.54) is 35.7 Å². The van der Waals surface area contributed by atoms with Crippen molar-refractivity contribution in [3.8, 4) is 17.2 Å². The van der Waals surface area contributed by atoms with Crippen molar-refractivity contribution in [1.29, 1.82) is 0 Å². The monoisotopic (exact) mass is 475 g/mol. The summed E-state index contributed by atoms with van der Waals surface area (Å²) in [6.07, 6.45) is 3.52. The number of hydrogen-bond donors (Lipinski definition) is 0. The first-order valence-corrected chi connectivity index (χ1v) is 12.1. The van der Waals surface area contributed by atoms with Gasteiger partial charge in [0.05, 0.1) is 12.7 Å². The number of esters is 1. The van der Waals surface area contributed by atoms with E-state index in [4.69, 9.17) is 18.9 Å². The smallest absolute Gasteiger partial charge is 0.338 e. The van der Waals surface area contributed by atoms with E-state index in [0.29, 0.717) is 30.2 Å². The SMILES string of the molecule is COc1ccc(C(=O)OCC(=O)c2ccc3c(c2)OCO3)cc1S(=O)(=O)N1CCCCCC1. The quantitative estimate of drug-likeness (QED) is 0.444. The first-order chi connectivity index (χ1) is 15.9. The van der Waals surface area contributed by atoms with E-state index in [1.54, 1.807) is 12.1 Å².